The van der Waals surface area contributed by atoms with Gasteiger partial charge < -0.3 is 4.42 Å². The molecule has 0 amide bonds. The highest BCUT2D eigenvalue weighted by molar-refractivity contribution is 6.30. The fraction of sp³-hybridized carbons (Fsp3) is 0.0909. The molecule has 0 bridgehead atoms. The first-order valence-corrected chi connectivity index (χ1v) is 8.82. The number of aromatic nitrogens is 2. The number of hydrogen-bond donors (Lipinski definition) is 0. The van der Waals surface area contributed by atoms with Crippen LogP contribution in [0.3, 0.4) is 0 Å². The van der Waals surface area contributed by atoms with E-state index < -0.39 is 0 Å². The summed E-state index contributed by atoms with van der Waals surface area (Å²) in [6.45, 7) is 2.91. The van der Waals surface area contributed by atoms with Gasteiger partial charge in [-0.25, -0.2) is 4.98 Å². The Bertz CT molecular complexity index is 1040. The first kappa shape index (κ1) is 16.6. The minimum atomic E-state index is 0.605. The van der Waals surface area contributed by atoms with Gasteiger partial charge in [-0.15, -0.1) is 0 Å². The lowest BCUT2D eigenvalue weighted by Gasteiger charge is -2.01. The van der Waals surface area contributed by atoms with E-state index in [4.69, 9.17) is 16.0 Å². The Morgan fingerprint density at radius 2 is 1.85 bits per heavy atom. The van der Waals surface area contributed by atoms with Crippen LogP contribution in [0.15, 0.2) is 83.7 Å². The molecule has 4 rings (SSSR count). The molecule has 0 N–H and O–H groups in total. The number of benzene rings is 2. The number of halogens is 1. The number of oxazole rings is 1. The molecule has 128 valence electrons. The zero-order valence-corrected chi connectivity index (χ0v) is 15.1. The summed E-state index contributed by atoms with van der Waals surface area (Å²) in [6, 6.07) is 20.1. The van der Waals surface area contributed by atoms with Gasteiger partial charge in [0, 0.05) is 22.2 Å². The van der Waals surface area contributed by atoms with Gasteiger partial charge in [0.1, 0.15) is 5.56 Å². The molecule has 0 saturated carbocycles. The lowest BCUT2D eigenvalue weighted by atomic mass is 10.1. The molecular formula is C22H18ClN2O+. The summed E-state index contributed by atoms with van der Waals surface area (Å²) in [5.74, 6) is 1.33. The highest BCUT2D eigenvalue weighted by atomic mass is 35.5. The van der Waals surface area contributed by atoms with Crippen LogP contribution in [-0.2, 0) is 6.54 Å². The third-order valence-electron chi connectivity index (χ3n) is 4.19. The lowest BCUT2D eigenvalue weighted by Crippen LogP contribution is -2.33. The van der Waals surface area contributed by atoms with Crippen LogP contribution in [0.1, 0.15) is 11.1 Å². The van der Waals surface area contributed by atoms with Crippen molar-refractivity contribution in [2.75, 3.05) is 0 Å². The Hall–Kier alpha value is -2.91. The van der Waals surface area contributed by atoms with Crippen LogP contribution in [0.2, 0.25) is 5.02 Å². The maximum atomic E-state index is 5.95. The van der Waals surface area contributed by atoms with Gasteiger partial charge in [-0.1, -0.05) is 35.4 Å². The van der Waals surface area contributed by atoms with Crippen molar-refractivity contribution in [1.82, 2.24) is 4.98 Å². The van der Waals surface area contributed by atoms with E-state index in [1.54, 1.807) is 6.20 Å². The summed E-state index contributed by atoms with van der Waals surface area (Å²) < 4.78 is 8.09. The Labute approximate surface area is 157 Å². The smallest absolute Gasteiger partial charge is 0.232 e. The van der Waals surface area contributed by atoms with Crippen molar-refractivity contribution in [3.63, 3.8) is 0 Å². The Balaban J connectivity index is 1.59. The molecule has 26 heavy (non-hydrogen) atoms. The Kier molecular flexibility index (Phi) is 4.55. The predicted octanol–water partition coefficient (Wildman–Crippen LogP) is 5.31. The molecule has 0 atom stereocenters. The first-order valence-electron chi connectivity index (χ1n) is 8.44. The van der Waals surface area contributed by atoms with Crippen LogP contribution in [-0.4, -0.2) is 4.98 Å². The van der Waals surface area contributed by atoms with Gasteiger partial charge in [0.05, 0.1) is 6.20 Å². The average Bonchev–Trinajstić information content (AvgIpc) is 3.13. The molecule has 2 heterocycles. The number of pyridine rings is 1. The molecule has 0 aliphatic rings. The van der Waals surface area contributed by atoms with Crippen molar-refractivity contribution >= 4 is 11.6 Å². The van der Waals surface area contributed by atoms with E-state index in [-0.39, 0.29) is 0 Å². The van der Waals surface area contributed by atoms with E-state index in [1.807, 2.05) is 36.4 Å². The van der Waals surface area contributed by atoms with E-state index in [2.05, 4.69) is 53.1 Å². The normalized spacial score (nSPS) is 10.8. The van der Waals surface area contributed by atoms with E-state index in [0.29, 0.717) is 10.9 Å². The largest absolute Gasteiger partial charge is 0.436 e. The third-order valence-corrected chi connectivity index (χ3v) is 4.44. The minimum Gasteiger partial charge on any atom is -0.436 e. The average molecular weight is 362 g/mol. The van der Waals surface area contributed by atoms with Gasteiger partial charge in [-0.05, 0) is 43.3 Å². The van der Waals surface area contributed by atoms with Crippen molar-refractivity contribution in [2.24, 2.45) is 0 Å². The Morgan fingerprint density at radius 3 is 2.65 bits per heavy atom. The van der Waals surface area contributed by atoms with Gasteiger partial charge in [0.15, 0.2) is 24.7 Å². The molecule has 0 fully saturated rings. The van der Waals surface area contributed by atoms with Gasteiger partial charge in [-0.3, -0.25) is 0 Å². The summed E-state index contributed by atoms with van der Waals surface area (Å²) in [5.41, 5.74) is 4.43. The molecule has 2 aromatic heterocycles. The monoisotopic (exact) mass is 361 g/mol. The number of hydrogen-bond acceptors (Lipinski definition) is 2. The van der Waals surface area contributed by atoms with E-state index in [0.717, 1.165) is 23.4 Å². The molecule has 0 saturated heterocycles. The quantitative estimate of drug-likeness (QED) is 0.461. The molecule has 4 aromatic rings. The van der Waals surface area contributed by atoms with E-state index in [1.165, 1.54) is 11.1 Å². The number of nitrogens with zero attached hydrogens (tertiary/aromatic N) is 2. The second-order valence-corrected chi connectivity index (χ2v) is 6.73. The minimum absolute atomic E-state index is 0.605. The number of aryl methyl sites for hydroxylation is 1. The molecule has 0 aliphatic heterocycles. The zero-order valence-electron chi connectivity index (χ0n) is 14.4. The zero-order chi connectivity index (χ0) is 17.9. The third kappa shape index (κ3) is 3.68. The van der Waals surface area contributed by atoms with Crippen LogP contribution in [0.25, 0.3) is 22.8 Å². The molecule has 0 aliphatic carbocycles. The van der Waals surface area contributed by atoms with Gasteiger partial charge >= 0.3 is 0 Å². The van der Waals surface area contributed by atoms with Crippen molar-refractivity contribution in [1.29, 1.82) is 0 Å². The number of rotatable bonds is 4. The second-order valence-electron chi connectivity index (χ2n) is 6.29. The van der Waals surface area contributed by atoms with Gasteiger partial charge in [-0.2, -0.15) is 4.57 Å². The second kappa shape index (κ2) is 7.14. The SMILES string of the molecule is Cc1cccc(C[n+]2cccc(-c3ncc(-c4ccc(Cl)cc4)o3)c2)c1. The van der Waals surface area contributed by atoms with E-state index >= 15 is 0 Å². The summed E-state index contributed by atoms with van der Waals surface area (Å²) in [4.78, 5) is 4.43. The fourth-order valence-electron chi connectivity index (χ4n) is 2.92. The highest BCUT2D eigenvalue weighted by Crippen LogP contribution is 2.26. The van der Waals surface area contributed by atoms with Crippen LogP contribution in [0, 0.1) is 6.92 Å². The summed E-state index contributed by atoms with van der Waals surface area (Å²) >= 11 is 5.94. The summed E-state index contributed by atoms with van der Waals surface area (Å²) in [7, 11) is 0. The predicted molar refractivity (Wildman–Crippen MR) is 103 cm³/mol. The molecule has 4 heteroatoms. The van der Waals surface area contributed by atoms with E-state index in [9.17, 15) is 0 Å². The van der Waals surface area contributed by atoms with Crippen LogP contribution in [0.4, 0.5) is 0 Å². The molecule has 0 unspecified atom stereocenters. The maximum absolute atomic E-state index is 5.95. The maximum Gasteiger partial charge on any atom is 0.232 e. The standard InChI is InChI=1S/C22H18ClN2O/c1-16-4-2-5-17(12-16)14-25-11-3-6-19(15-25)22-24-13-21(26-22)18-7-9-20(23)10-8-18/h2-13,15H,14H2,1H3/q+1. The summed E-state index contributed by atoms with van der Waals surface area (Å²) in [6.07, 6.45) is 5.85. The first-order chi connectivity index (χ1) is 12.7. The van der Waals surface area contributed by atoms with Crippen LogP contribution < -0.4 is 4.57 Å². The topological polar surface area (TPSA) is 29.9 Å². The van der Waals surface area contributed by atoms with Gasteiger partial charge in [0.25, 0.3) is 0 Å². The Morgan fingerprint density at radius 1 is 1.00 bits per heavy atom. The molecule has 0 radical (unpaired) electrons. The summed E-state index contributed by atoms with van der Waals surface area (Å²) in [5, 5.41) is 0.703. The molecular weight excluding hydrogens is 344 g/mol. The molecule has 2 aromatic carbocycles. The molecule has 0 spiro atoms. The van der Waals surface area contributed by atoms with Gasteiger partial charge in [0.2, 0.25) is 5.89 Å². The van der Waals surface area contributed by atoms with Crippen molar-refractivity contribution in [3.8, 4) is 22.8 Å². The fourth-order valence-corrected chi connectivity index (χ4v) is 3.05. The lowest BCUT2D eigenvalue weighted by molar-refractivity contribution is -0.687. The van der Waals surface area contributed by atoms with Crippen molar-refractivity contribution in [2.45, 2.75) is 13.5 Å². The molecule has 3 nitrogen and oxygen atoms in total. The van der Waals surface area contributed by atoms with Crippen molar-refractivity contribution < 1.29 is 8.98 Å². The van der Waals surface area contributed by atoms with Crippen LogP contribution in [0.5, 0.6) is 0 Å². The van der Waals surface area contributed by atoms with Crippen LogP contribution >= 0.6 is 11.6 Å². The van der Waals surface area contributed by atoms with Crippen molar-refractivity contribution in [3.05, 3.63) is 95.4 Å². The highest BCUT2D eigenvalue weighted by Gasteiger charge is 2.12.